The quantitative estimate of drug-likeness (QED) is 0.579. The highest BCUT2D eigenvalue weighted by molar-refractivity contribution is 4.92. The minimum Gasteiger partial charge on any atom is -0.311 e. The van der Waals surface area contributed by atoms with E-state index in [1.807, 2.05) is 0 Å². The predicted octanol–water partition coefficient (Wildman–Crippen LogP) is 5.29. The topological polar surface area (TPSA) is 12.0 Å². The molecule has 0 aromatic heterocycles. The molecule has 1 rings (SSSR count). The molecule has 1 heteroatoms. The summed E-state index contributed by atoms with van der Waals surface area (Å²) in [6.45, 7) is 9.47. The fraction of sp³-hybridized carbons (Fsp3) is 1.00. The molecule has 1 nitrogen and oxygen atoms in total. The molecule has 0 aromatic carbocycles. The molecule has 1 fully saturated rings. The van der Waals surface area contributed by atoms with E-state index >= 15 is 0 Å². The van der Waals surface area contributed by atoms with Crippen LogP contribution in [-0.4, -0.2) is 12.1 Å². The molecule has 0 aromatic rings. The van der Waals surface area contributed by atoms with Crippen LogP contribution in [0.4, 0.5) is 0 Å². The zero-order valence-electron chi connectivity index (χ0n) is 13.2. The fourth-order valence-electron chi connectivity index (χ4n) is 3.40. The monoisotopic (exact) mass is 253 g/mol. The van der Waals surface area contributed by atoms with Crippen LogP contribution in [-0.2, 0) is 0 Å². The van der Waals surface area contributed by atoms with Gasteiger partial charge in [0.05, 0.1) is 0 Å². The molecule has 1 aliphatic carbocycles. The third-order valence-electron chi connectivity index (χ3n) is 5.03. The Kier molecular flexibility index (Phi) is 7.29. The second-order valence-electron chi connectivity index (χ2n) is 6.74. The van der Waals surface area contributed by atoms with Crippen molar-refractivity contribution >= 4 is 0 Å². The summed E-state index contributed by atoms with van der Waals surface area (Å²) < 4.78 is 0. The van der Waals surface area contributed by atoms with Gasteiger partial charge in [0.2, 0.25) is 0 Å². The van der Waals surface area contributed by atoms with Gasteiger partial charge in [0.1, 0.15) is 0 Å². The van der Waals surface area contributed by atoms with E-state index in [0.29, 0.717) is 11.5 Å². The second-order valence-corrected chi connectivity index (χ2v) is 6.74. The average molecular weight is 253 g/mol. The Balaban J connectivity index is 2.45. The van der Waals surface area contributed by atoms with Crippen molar-refractivity contribution in [3.05, 3.63) is 0 Å². The summed E-state index contributed by atoms with van der Waals surface area (Å²) in [5.41, 5.74) is 0.565. The Morgan fingerprint density at radius 1 is 1.17 bits per heavy atom. The van der Waals surface area contributed by atoms with Crippen molar-refractivity contribution in [2.45, 2.75) is 104 Å². The summed E-state index contributed by atoms with van der Waals surface area (Å²) in [6.07, 6.45) is 14.0. The lowest BCUT2D eigenvalue weighted by atomic mass is 9.68. The summed E-state index contributed by atoms with van der Waals surface area (Å²) in [4.78, 5) is 0. The number of nitrogens with one attached hydrogen (secondary N) is 1. The molecule has 1 N–H and O–H groups in total. The molecule has 108 valence electrons. The fourth-order valence-corrected chi connectivity index (χ4v) is 3.40. The van der Waals surface area contributed by atoms with Gasteiger partial charge in [0.25, 0.3) is 0 Å². The molecule has 0 bridgehead atoms. The molecule has 18 heavy (non-hydrogen) atoms. The maximum atomic E-state index is 3.90. The van der Waals surface area contributed by atoms with E-state index < -0.39 is 0 Å². The van der Waals surface area contributed by atoms with Gasteiger partial charge in [-0.25, -0.2) is 0 Å². The van der Waals surface area contributed by atoms with Gasteiger partial charge in [-0.05, 0) is 38.0 Å². The van der Waals surface area contributed by atoms with Crippen LogP contribution in [0.2, 0.25) is 0 Å². The smallest absolute Gasteiger partial charge is 0.0123 e. The molecule has 0 heterocycles. The summed E-state index contributed by atoms with van der Waals surface area (Å²) >= 11 is 0. The normalized spacial score (nSPS) is 30.3. The lowest BCUT2D eigenvalue weighted by Gasteiger charge is -2.43. The Bertz CT molecular complexity index is 214. The Labute approximate surface area is 115 Å². The maximum Gasteiger partial charge on any atom is 0.0123 e. The molecule has 0 saturated heterocycles. The molecular formula is C17H35N. The molecule has 1 saturated carbocycles. The van der Waals surface area contributed by atoms with Crippen molar-refractivity contribution in [3.63, 3.8) is 0 Å². The van der Waals surface area contributed by atoms with Gasteiger partial charge < -0.3 is 5.32 Å². The van der Waals surface area contributed by atoms with Crippen molar-refractivity contribution in [3.8, 4) is 0 Å². The average Bonchev–Trinajstić information content (AvgIpc) is 2.37. The Morgan fingerprint density at radius 3 is 2.61 bits per heavy atom. The highest BCUT2D eigenvalue weighted by Gasteiger charge is 2.36. The Hall–Kier alpha value is -0.0400. The maximum absolute atomic E-state index is 3.90. The second kappa shape index (κ2) is 8.19. The van der Waals surface area contributed by atoms with Crippen molar-refractivity contribution in [2.75, 3.05) is 0 Å². The Morgan fingerprint density at radius 2 is 1.94 bits per heavy atom. The zero-order valence-corrected chi connectivity index (χ0v) is 13.2. The van der Waals surface area contributed by atoms with Crippen LogP contribution in [0, 0.1) is 5.41 Å². The first-order valence-corrected chi connectivity index (χ1v) is 8.38. The van der Waals surface area contributed by atoms with Gasteiger partial charge >= 0.3 is 0 Å². The third-order valence-corrected chi connectivity index (χ3v) is 5.03. The number of rotatable bonds is 8. The van der Waals surface area contributed by atoms with Gasteiger partial charge in [0.15, 0.2) is 0 Å². The predicted molar refractivity (Wildman–Crippen MR) is 82.0 cm³/mol. The van der Waals surface area contributed by atoms with E-state index in [-0.39, 0.29) is 0 Å². The van der Waals surface area contributed by atoms with Crippen LogP contribution in [0.15, 0.2) is 0 Å². The van der Waals surface area contributed by atoms with Crippen LogP contribution in [0.1, 0.15) is 91.9 Å². The summed E-state index contributed by atoms with van der Waals surface area (Å²) in [5.74, 6) is 0. The molecular weight excluding hydrogens is 218 g/mol. The largest absolute Gasteiger partial charge is 0.311 e. The van der Waals surface area contributed by atoms with Crippen molar-refractivity contribution in [1.29, 1.82) is 0 Å². The minimum atomic E-state index is 0.565. The van der Waals surface area contributed by atoms with Crippen LogP contribution in [0.5, 0.6) is 0 Å². The SMILES string of the molecule is CCCCCCC1(C)CCCCC1NC(C)CC. The van der Waals surface area contributed by atoms with E-state index in [9.17, 15) is 0 Å². The van der Waals surface area contributed by atoms with Gasteiger partial charge in [-0.1, -0.05) is 59.3 Å². The first-order chi connectivity index (χ1) is 8.62. The molecule has 1 aliphatic rings. The van der Waals surface area contributed by atoms with Gasteiger partial charge in [-0.3, -0.25) is 0 Å². The van der Waals surface area contributed by atoms with Crippen molar-refractivity contribution < 1.29 is 0 Å². The molecule has 0 radical (unpaired) electrons. The minimum absolute atomic E-state index is 0.565. The van der Waals surface area contributed by atoms with Crippen molar-refractivity contribution in [2.24, 2.45) is 5.41 Å². The molecule has 3 unspecified atom stereocenters. The number of hydrogen-bond acceptors (Lipinski definition) is 1. The van der Waals surface area contributed by atoms with Crippen LogP contribution in [0.3, 0.4) is 0 Å². The molecule has 0 spiro atoms. The standard InChI is InChI=1S/C17H35N/c1-5-7-8-10-13-17(4)14-11-9-12-16(17)18-15(3)6-2/h15-16,18H,5-14H2,1-4H3. The highest BCUT2D eigenvalue weighted by Crippen LogP contribution is 2.40. The number of hydrogen-bond donors (Lipinski definition) is 1. The summed E-state index contributed by atoms with van der Waals surface area (Å²) in [7, 11) is 0. The van der Waals surface area contributed by atoms with Gasteiger partial charge in [0, 0.05) is 12.1 Å². The van der Waals surface area contributed by atoms with Gasteiger partial charge in [-0.15, -0.1) is 0 Å². The first-order valence-electron chi connectivity index (χ1n) is 8.38. The summed E-state index contributed by atoms with van der Waals surface area (Å²) in [5, 5.41) is 3.90. The van der Waals surface area contributed by atoms with E-state index in [1.165, 1.54) is 64.2 Å². The number of unbranched alkanes of at least 4 members (excludes halogenated alkanes) is 3. The molecule has 3 atom stereocenters. The van der Waals surface area contributed by atoms with E-state index in [0.717, 1.165) is 6.04 Å². The highest BCUT2D eigenvalue weighted by atomic mass is 15.0. The zero-order chi connectivity index (χ0) is 13.4. The molecule has 0 amide bonds. The van der Waals surface area contributed by atoms with Crippen LogP contribution >= 0.6 is 0 Å². The summed E-state index contributed by atoms with van der Waals surface area (Å²) in [6, 6.07) is 1.45. The lowest BCUT2D eigenvalue weighted by molar-refractivity contribution is 0.120. The lowest BCUT2D eigenvalue weighted by Crippen LogP contribution is -2.49. The van der Waals surface area contributed by atoms with E-state index in [1.54, 1.807) is 0 Å². The van der Waals surface area contributed by atoms with Crippen LogP contribution < -0.4 is 5.32 Å². The molecule has 0 aliphatic heterocycles. The van der Waals surface area contributed by atoms with Crippen molar-refractivity contribution in [1.82, 2.24) is 5.32 Å². The first kappa shape index (κ1) is 16.0. The van der Waals surface area contributed by atoms with E-state index in [4.69, 9.17) is 0 Å². The van der Waals surface area contributed by atoms with Crippen LogP contribution in [0.25, 0.3) is 0 Å². The van der Waals surface area contributed by atoms with Gasteiger partial charge in [-0.2, -0.15) is 0 Å². The van der Waals surface area contributed by atoms with E-state index in [2.05, 4.69) is 33.0 Å². The third kappa shape index (κ3) is 4.91.